The van der Waals surface area contributed by atoms with Crippen molar-refractivity contribution in [1.82, 2.24) is 5.32 Å². The van der Waals surface area contributed by atoms with E-state index in [1.54, 1.807) is 13.4 Å². The molecule has 0 spiro atoms. The number of furan rings is 1. The Kier molecular flexibility index (Phi) is 5.21. The monoisotopic (exact) mass is 275 g/mol. The van der Waals surface area contributed by atoms with Crippen molar-refractivity contribution in [2.45, 2.75) is 13.0 Å². The average Bonchev–Trinajstić information content (AvgIpc) is 2.88. The van der Waals surface area contributed by atoms with Gasteiger partial charge in [0.05, 0.1) is 18.9 Å². The Morgan fingerprint density at radius 1 is 1.20 bits per heavy atom. The summed E-state index contributed by atoms with van der Waals surface area (Å²) in [5.41, 5.74) is 2.18. The number of methoxy groups -OCH3 is 1. The van der Waals surface area contributed by atoms with Crippen molar-refractivity contribution < 1.29 is 13.9 Å². The fourth-order valence-corrected chi connectivity index (χ4v) is 2.19. The molecule has 0 aliphatic heterocycles. The molecule has 0 aliphatic carbocycles. The first-order valence-electron chi connectivity index (χ1n) is 6.69. The maximum Gasteiger partial charge on any atom is 0.128 e. The fraction of sp³-hybridized carbons (Fsp3) is 0.375. The average molecular weight is 275 g/mol. The van der Waals surface area contributed by atoms with Crippen molar-refractivity contribution in [3.8, 4) is 5.75 Å². The van der Waals surface area contributed by atoms with Gasteiger partial charge >= 0.3 is 0 Å². The summed E-state index contributed by atoms with van der Waals surface area (Å²) < 4.78 is 16.4. The lowest BCUT2D eigenvalue weighted by Crippen LogP contribution is -2.19. The molecule has 0 saturated heterocycles. The van der Waals surface area contributed by atoms with Gasteiger partial charge in [-0.05, 0) is 31.7 Å². The van der Waals surface area contributed by atoms with Crippen LogP contribution in [0.4, 0.5) is 0 Å². The van der Waals surface area contributed by atoms with Crippen LogP contribution in [0.25, 0.3) is 0 Å². The van der Waals surface area contributed by atoms with Gasteiger partial charge in [0.25, 0.3) is 0 Å². The van der Waals surface area contributed by atoms with Crippen LogP contribution in [-0.4, -0.2) is 27.4 Å². The minimum atomic E-state index is -0.0243. The molecular weight excluding hydrogens is 254 g/mol. The highest BCUT2D eigenvalue weighted by Crippen LogP contribution is 2.31. The van der Waals surface area contributed by atoms with Crippen molar-refractivity contribution in [1.29, 1.82) is 0 Å². The van der Waals surface area contributed by atoms with Crippen molar-refractivity contribution in [3.63, 3.8) is 0 Å². The highest BCUT2D eigenvalue weighted by molar-refractivity contribution is 5.41. The second-order valence-corrected chi connectivity index (χ2v) is 4.57. The molecular formula is C16H21NO3. The van der Waals surface area contributed by atoms with Crippen molar-refractivity contribution in [2.24, 2.45) is 0 Å². The van der Waals surface area contributed by atoms with Gasteiger partial charge in [-0.2, -0.15) is 0 Å². The van der Waals surface area contributed by atoms with Gasteiger partial charge in [0.2, 0.25) is 0 Å². The van der Waals surface area contributed by atoms with E-state index in [-0.39, 0.29) is 6.04 Å². The smallest absolute Gasteiger partial charge is 0.128 e. The molecule has 0 aliphatic rings. The first-order valence-corrected chi connectivity index (χ1v) is 6.69. The second-order valence-electron chi connectivity index (χ2n) is 4.57. The molecule has 4 nitrogen and oxygen atoms in total. The summed E-state index contributed by atoms with van der Waals surface area (Å²) in [6.07, 6.45) is 1.71. The maximum absolute atomic E-state index is 5.79. The molecule has 1 heterocycles. The quantitative estimate of drug-likeness (QED) is 0.789. The Labute approximate surface area is 119 Å². The van der Waals surface area contributed by atoms with E-state index < -0.39 is 0 Å². The number of ether oxygens (including phenoxy) is 2. The third kappa shape index (κ3) is 3.21. The molecule has 2 aromatic rings. The first kappa shape index (κ1) is 14.6. The molecule has 1 aromatic carbocycles. The molecule has 0 amide bonds. The van der Waals surface area contributed by atoms with Gasteiger partial charge in [-0.1, -0.05) is 18.2 Å². The van der Waals surface area contributed by atoms with Crippen LogP contribution in [0.2, 0.25) is 0 Å². The van der Waals surface area contributed by atoms with Crippen LogP contribution < -0.4 is 10.1 Å². The minimum Gasteiger partial charge on any atom is -0.491 e. The Bertz CT molecular complexity index is 536. The first-order chi connectivity index (χ1) is 9.77. The Morgan fingerprint density at radius 2 is 2.00 bits per heavy atom. The predicted molar refractivity (Wildman–Crippen MR) is 78.2 cm³/mol. The largest absolute Gasteiger partial charge is 0.491 e. The molecule has 1 N–H and O–H groups in total. The molecule has 2 rings (SSSR count). The fourth-order valence-electron chi connectivity index (χ4n) is 2.19. The minimum absolute atomic E-state index is 0.0243. The van der Waals surface area contributed by atoms with E-state index in [4.69, 9.17) is 13.9 Å². The SMILES string of the molecule is CNC(c1ccccc1OCCOC)c1occc1C. The molecule has 108 valence electrons. The molecule has 0 saturated carbocycles. The summed E-state index contributed by atoms with van der Waals surface area (Å²) >= 11 is 0. The third-order valence-corrected chi connectivity index (χ3v) is 3.23. The zero-order chi connectivity index (χ0) is 14.4. The van der Waals surface area contributed by atoms with Crippen LogP contribution in [0.5, 0.6) is 5.75 Å². The summed E-state index contributed by atoms with van der Waals surface area (Å²) in [5.74, 6) is 1.76. The maximum atomic E-state index is 5.79. The number of aryl methyl sites for hydroxylation is 1. The van der Waals surface area contributed by atoms with E-state index in [1.165, 1.54) is 0 Å². The van der Waals surface area contributed by atoms with Crippen LogP contribution in [0, 0.1) is 6.92 Å². The van der Waals surface area contributed by atoms with E-state index in [2.05, 4.69) is 5.32 Å². The van der Waals surface area contributed by atoms with E-state index in [0.717, 1.165) is 22.6 Å². The van der Waals surface area contributed by atoms with Crippen LogP contribution in [0.15, 0.2) is 41.0 Å². The Morgan fingerprint density at radius 3 is 2.65 bits per heavy atom. The molecule has 0 radical (unpaired) electrons. The normalized spacial score (nSPS) is 12.3. The van der Waals surface area contributed by atoms with Gasteiger partial charge in [0.1, 0.15) is 18.1 Å². The topological polar surface area (TPSA) is 43.6 Å². The zero-order valence-corrected chi connectivity index (χ0v) is 12.2. The summed E-state index contributed by atoms with van der Waals surface area (Å²) in [7, 11) is 3.58. The Balaban J connectivity index is 2.28. The Hall–Kier alpha value is -1.78. The number of para-hydroxylation sites is 1. The predicted octanol–water partition coefficient (Wildman–Crippen LogP) is 2.92. The van der Waals surface area contributed by atoms with Gasteiger partial charge in [0.15, 0.2) is 0 Å². The number of hydrogen-bond donors (Lipinski definition) is 1. The van der Waals surface area contributed by atoms with Crippen LogP contribution in [0.1, 0.15) is 22.9 Å². The summed E-state index contributed by atoms with van der Waals surface area (Å²) in [5, 5.41) is 3.29. The van der Waals surface area contributed by atoms with Gasteiger partial charge in [0, 0.05) is 12.7 Å². The van der Waals surface area contributed by atoms with Gasteiger partial charge < -0.3 is 19.2 Å². The van der Waals surface area contributed by atoms with Gasteiger partial charge in [-0.15, -0.1) is 0 Å². The molecule has 0 bridgehead atoms. The number of benzene rings is 1. The second kappa shape index (κ2) is 7.12. The molecule has 1 atom stereocenters. The zero-order valence-electron chi connectivity index (χ0n) is 12.2. The van der Waals surface area contributed by atoms with Crippen molar-refractivity contribution in [2.75, 3.05) is 27.4 Å². The molecule has 1 unspecified atom stereocenters. The summed E-state index contributed by atoms with van der Waals surface area (Å²) in [6, 6.07) is 9.92. The lowest BCUT2D eigenvalue weighted by Gasteiger charge is -2.19. The van der Waals surface area contributed by atoms with Crippen LogP contribution in [0.3, 0.4) is 0 Å². The van der Waals surface area contributed by atoms with E-state index in [0.29, 0.717) is 13.2 Å². The summed E-state index contributed by atoms with van der Waals surface area (Å²) in [6.45, 7) is 3.14. The van der Waals surface area contributed by atoms with E-state index in [9.17, 15) is 0 Å². The van der Waals surface area contributed by atoms with Gasteiger partial charge in [-0.25, -0.2) is 0 Å². The van der Waals surface area contributed by atoms with Crippen molar-refractivity contribution >= 4 is 0 Å². The lowest BCUT2D eigenvalue weighted by molar-refractivity contribution is 0.145. The van der Waals surface area contributed by atoms with E-state index >= 15 is 0 Å². The number of hydrogen-bond acceptors (Lipinski definition) is 4. The molecule has 1 aromatic heterocycles. The molecule has 0 fully saturated rings. The highest BCUT2D eigenvalue weighted by Gasteiger charge is 2.20. The number of rotatable bonds is 7. The van der Waals surface area contributed by atoms with Crippen LogP contribution >= 0.6 is 0 Å². The van der Waals surface area contributed by atoms with Crippen molar-refractivity contribution in [3.05, 3.63) is 53.5 Å². The summed E-state index contributed by atoms with van der Waals surface area (Å²) in [4.78, 5) is 0. The molecule has 4 heteroatoms. The highest BCUT2D eigenvalue weighted by atomic mass is 16.5. The third-order valence-electron chi connectivity index (χ3n) is 3.23. The lowest BCUT2D eigenvalue weighted by atomic mass is 10.0. The molecule has 20 heavy (non-hydrogen) atoms. The number of nitrogens with one attached hydrogen (secondary N) is 1. The van der Waals surface area contributed by atoms with E-state index in [1.807, 2.05) is 44.3 Å². The van der Waals surface area contributed by atoms with Gasteiger partial charge in [-0.3, -0.25) is 0 Å². The van der Waals surface area contributed by atoms with Crippen LogP contribution in [-0.2, 0) is 4.74 Å². The standard InChI is InChI=1S/C16H21NO3/c1-12-8-9-20-16(12)15(17-2)13-6-4-5-7-14(13)19-11-10-18-3/h4-9,15,17H,10-11H2,1-3H3.